The lowest BCUT2D eigenvalue weighted by Gasteiger charge is -2.40. The number of carbonyl (C=O) groups excluding carboxylic acids is 1. The fourth-order valence-electron chi connectivity index (χ4n) is 3.83. The van der Waals surface area contributed by atoms with Gasteiger partial charge in [-0.15, -0.1) is 0 Å². The van der Waals surface area contributed by atoms with Crippen LogP contribution in [0.4, 0.5) is 0 Å². The van der Waals surface area contributed by atoms with Gasteiger partial charge in [-0.2, -0.15) is 0 Å². The Morgan fingerprint density at radius 1 is 0.885 bits per heavy atom. The van der Waals surface area contributed by atoms with Crippen molar-refractivity contribution in [1.82, 2.24) is 0 Å². The Bertz CT molecular complexity index is 367. The summed E-state index contributed by atoms with van der Waals surface area (Å²) in [7, 11) is 1.43. The smallest absolute Gasteiger partial charge is 0.308 e. The van der Waals surface area contributed by atoms with E-state index < -0.39 is 5.79 Å². The van der Waals surface area contributed by atoms with Crippen LogP contribution in [-0.4, -0.2) is 31.1 Å². The maximum absolute atomic E-state index is 11.5. The van der Waals surface area contributed by atoms with Gasteiger partial charge >= 0.3 is 5.97 Å². The standard InChI is InChI=1S/C22H42O4/c1-5-6-7-8-9-10-11-12-13-14-15-16-19-17-20(18-21(23)24-4)26-22(2,3)25-19/h19-20H,5-18H2,1-4H3/t19-,20+/m1/s1. The van der Waals surface area contributed by atoms with Gasteiger partial charge in [0.15, 0.2) is 5.79 Å². The number of esters is 1. The van der Waals surface area contributed by atoms with Gasteiger partial charge < -0.3 is 14.2 Å². The van der Waals surface area contributed by atoms with Crippen LogP contribution in [0.15, 0.2) is 0 Å². The molecule has 0 radical (unpaired) electrons. The zero-order valence-corrected chi connectivity index (χ0v) is 17.7. The Labute approximate surface area is 161 Å². The van der Waals surface area contributed by atoms with Crippen molar-refractivity contribution in [1.29, 1.82) is 0 Å². The van der Waals surface area contributed by atoms with Crippen molar-refractivity contribution in [3.8, 4) is 0 Å². The van der Waals surface area contributed by atoms with E-state index in [4.69, 9.17) is 14.2 Å². The SMILES string of the molecule is CCCCCCCCCCCCC[C@@H]1C[C@@H](CC(=O)OC)OC(C)(C)O1. The summed E-state index contributed by atoms with van der Waals surface area (Å²) < 4.78 is 16.7. The minimum atomic E-state index is -0.612. The lowest BCUT2D eigenvalue weighted by Crippen LogP contribution is -2.45. The van der Waals surface area contributed by atoms with Gasteiger partial charge in [0.25, 0.3) is 0 Å². The van der Waals surface area contributed by atoms with E-state index in [9.17, 15) is 4.79 Å². The molecule has 26 heavy (non-hydrogen) atoms. The van der Waals surface area contributed by atoms with Gasteiger partial charge in [-0.05, 0) is 20.3 Å². The molecule has 0 bridgehead atoms. The Hall–Kier alpha value is -0.610. The highest BCUT2D eigenvalue weighted by Crippen LogP contribution is 2.31. The van der Waals surface area contributed by atoms with E-state index in [1.165, 1.54) is 77.7 Å². The number of carbonyl (C=O) groups is 1. The van der Waals surface area contributed by atoms with Gasteiger partial charge in [-0.1, -0.05) is 77.6 Å². The molecule has 4 heteroatoms. The molecule has 2 atom stereocenters. The van der Waals surface area contributed by atoms with Crippen molar-refractivity contribution < 1.29 is 19.0 Å². The third-order valence-corrected chi connectivity index (χ3v) is 5.18. The first-order valence-electron chi connectivity index (χ1n) is 10.9. The van der Waals surface area contributed by atoms with E-state index in [1.54, 1.807) is 0 Å². The second kappa shape index (κ2) is 13.5. The lowest BCUT2D eigenvalue weighted by atomic mass is 9.99. The van der Waals surface area contributed by atoms with Gasteiger partial charge in [0.05, 0.1) is 25.7 Å². The van der Waals surface area contributed by atoms with E-state index in [0.29, 0.717) is 6.42 Å². The Kier molecular flexibility index (Phi) is 12.2. The van der Waals surface area contributed by atoms with E-state index in [1.807, 2.05) is 13.8 Å². The van der Waals surface area contributed by atoms with Crippen LogP contribution in [-0.2, 0) is 19.0 Å². The molecule has 0 amide bonds. The highest BCUT2D eigenvalue weighted by Gasteiger charge is 2.36. The fraction of sp³-hybridized carbons (Fsp3) is 0.955. The lowest BCUT2D eigenvalue weighted by molar-refractivity contribution is -0.300. The molecule has 1 aliphatic rings. The molecule has 0 aromatic carbocycles. The molecule has 1 rings (SSSR count). The summed E-state index contributed by atoms with van der Waals surface area (Å²) in [6.45, 7) is 6.14. The second-order valence-electron chi connectivity index (χ2n) is 8.22. The van der Waals surface area contributed by atoms with Gasteiger partial charge in [-0.3, -0.25) is 4.79 Å². The molecule has 1 heterocycles. The quantitative estimate of drug-likeness (QED) is 0.271. The van der Waals surface area contributed by atoms with Gasteiger partial charge in [0.1, 0.15) is 0 Å². The molecule has 1 saturated heterocycles. The molecule has 4 nitrogen and oxygen atoms in total. The van der Waals surface area contributed by atoms with Crippen molar-refractivity contribution >= 4 is 5.97 Å². The van der Waals surface area contributed by atoms with Crippen molar-refractivity contribution in [3.63, 3.8) is 0 Å². The Balaban J connectivity index is 2.07. The topological polar surface area (TPSA) is 44.8 Å². The zero-order valence-electron chi connectivity index (χ0n) is 17.7. The summed E-state index contributed by atoms with van der Waals surface area (Å²) in [5.41, 5.74) is 0. The summed E-state index contributed by atoms with van der Waals surface area (Å²) in [5.74, 6) is -0.819. The molecule has 0 aromatic heterocycles. The molecular weight excluding hydrogens is 328 g/mol. The van der Waals surface area contributed by atoms with Crippen LogP contribution in [0.1, 0.15) is 111 Å². The molecule has 154 valence electrons. The molecule has 1 aliphatic heterocycles. The Morgan fingerprint density at radius 3 is 1.92 bits per heavy atom. The van der Waals surface area contributed by atoms with Crippen LogP contribution in [0.5, 0.6) is 0 Å². The zero-order chi connectivity index (χ0) is 19.3. The van der Waals surface area contributed by atoms with Crippen molar-refractivity contribution in [3.05, 3.63) is 0 Å². The predicted octanol–water partition coefficient (Wildman–Crippen LogP) is 6.16. The average molecular weight is 371 g/mol. The van der Waals surface area contributed by atoms with Crippen LogP contribution in [0.3, 0.4) is 0 Å². The van der Waals surface area contributed by atoms with Crippen LogP contribution in [0, 0.1) is 0 Å². The molecule has 0 saturated carbocycles. The highest BCUT2D eigenvalue weighted by molar-refractivity contribution is 5.69. The normalized spacial score (nSPS) is 22.3. The molecule has 0 aromatic rings. The van der Waals surface area contributed by atoms with Crippen molar-refractivity contribution in [2.24, 2.45) is 0 Å². The van der Waals surface area contributed by atoms with Crippen LogP contribution in [0.2, 0.25) is 0 Å². The fourth-order valence-corrected chi connectivity index (χ4v) is 3.83. The largest absolute Gasteiger partial charge is 0.469 e. The number of ether oxygens (including phenoxy) is 3. The maximum Gasteiger partial charge on any atom is 0.308 e. The van der Waals surface area contributed by atoms with Crippen LogP contribution in [0.25, 0.3) is 0 Å². The number of methoxy groups -OCH3 is 1. The van der Waals surface area contributed by atoms with Crippen molar-refractivity contribution in [2.45, 2.75) is 129 Å². The number of rotatable bonds is 14. The summed E-state index contributed by atoms with van der Waals surface area (Å²) in [4.78, 5) is 11.5. The van der Waals surface area contributed by atoms with Crippen LogP contribution < -0.4 is 0 Å². The number of hydrogen-bond acceptors (Lipinski definition) is 4. The minimum Gasteiger partial charge on any atom is -0.469 e. The average Bonchev–Trinajstić information content (AvgIpc) is 2.58. The third-order valence-electron chi connectivity index (χ3n) is 5.18. The Morgan fingerprint density at radius 2 is 1.38 bits per heavy atom. The predicted molar refractivity (Wildman–Crippen MR) is 106 cm³/mol. The van der Waals surface area contributed by atoms with Crippen molar-refractivity contribution in [2.75, 3.05) is 7.11 Å². The van der Waals surface area contributed by atoms with E-state index in [0.717, 1.165) is 12.8 Å². The number of unbranched alkanes of at least 4 members (excludes halogenated alkanes) is 10. The molecule has 0 N–H and O–H groups in total. The first-order chi connectivity index (χ1) is 12.5. The number of hydrogen-bond donors (Lipinski definition) is 0. The monoisotopic (exact) mass is 370 g/mol. The summed E-state index contributed by atoms with van der Waals surface area (Å²) in [5, 5.41) is 0. The summed E-state index contributed by atoms with van der Waals surface area (Å²) in [6.07, 6.45) is 17.2. The third kappa shape index (κ3) is 11.2. The van der Waals surface area contributed by atoms with Gasteiger partial charge in [0.2, 0.25) is 0 Å². The second-order valence-corrected chi connectivity index (χ2v) is 8.22. The maximum atomic E-state index is 11.5. The van der Waals surface area contributed by atoms with E-state index in [-0.39, 0.29) is 18.2 Å². The van der Waals surface area contributed by atoms with Crippen LogP contribution >= 0.6 is 0 Å². The first-order valence-corrected chi connectivity index (χ1v) is 10.9. The molecule has 0 spiro atoms. The molecule has 0 aliphatic carbocycles. The van der Waals surface area contributed by atoms with E-state index in [2.05, 4.69) is 6.92 Å². The molecule has 1 fully saturated rings. The summed E-state index contributed by atoms with van der Waals surface area (Å²) in [6, 6.07) is 0. The first kappa shape index (κ1) is 23.4. The van der Waals surface area contributed by atoms with Gasteiger partial charge in [-0.25, -0.2) is 0 Å². The highest BCUT2D eigenvalue weighted by atomic mass is 16.7. The van der Waals surface area contributed by atoms with Gasteiger partial charge in [0, 0.05) is 6.42 Å². The summed E-state index contributed by atoms with van der Waals surface area (Å²) >= 11 is 0. The minimum absolute atomic E-state index is 0.0936. The molecule has 0 unspecified atom stereocenters. The van der Waals surface area contributed by atoms with E-state index >= 15 is 0 Å². The molecular formula is C22H42O4.